The van der Waals surface area contributed by atoms with Crippen molar-refractivity contribution in [2.75, 3.05) is 6.61 Å². The molecule has 3 aromatic rings. The molecular formula is C23H14Cl2O4. The van der Waals surface area contributed by atoms with E-state index < -0.39 is 0 Å². The fourth-order valence-electron chi connectivity index (χ4n) is 2.87. The number of ketones is 2. The second kappa shape index (κ2) is 8.11. The van der Waals surface area contributed by atoms with Gasteiger partial charge in [-0.1, -0.05) is 59.6 Å². The molecule has 0 saturated carbocycles. The summed E-state index contributed by atoms with van der Waals surface area (Å²) in [5.74, 6) is 0.573. The second-order valence-electron chi connectivity index (χ2n) is 6.34. The highest BCUT2D eigenvalue weighted by molar-refractivity contribution is 6.35. The zero-order chi connectivity index (χ0) is 20.4. The molecule has 6 heteroatoms. The Labute approximate surface area is 177 Å². The SMILES string of the molecule is O=C(COc1ccc2c(c1)O/C(=C\c1ccc(Cl)cc1Cl)C2=O)c1ccccc1. The first-order valence-electron chi connectivity index (χ1n) is 8.75. The molecule has 0 unspecified atom stereocenters. The summed E-state index contributed by atoms with van der Waals surface area (Å²) in [6.07, 6.45) is 1.57. The van der Waals surface area contributed by atoms with E-state index in [0.29, 0.717) is 38.2 Å². The largest absolute Gasteiger partial charge is 0.485 e. The Balaban J connectivity index is 1.50. The standard InChI is InChI=1S/C23H14Cl2O4/c24-16-7-6-15(19(25)11-16)10-22-23(27)18-9-8-17(12-21(18)29-22)28-13-20(26)14-4-2-1-3-5-14/h1-12H,13H2/b22-10-. The molecule has 0 spiro atoms. The molecule has 0 saturated heterocycles. The predicted octanol–water partition coefficient (Wildman–Crippen LogP) is 5.87. The van der Waals surface area contributed by atoms with Gasteiger partial charge >= 0.3 is 0 Å². The van der Waals surface area contributed by atoms with Crippen LogP contribution in [0.5, 0.6) is 11.5 Å². The molecule has 0 amide bonds. The van der Waals surface area contributed by atoms with Crippen LogP contribution in [0.2, 0.25) is 10.0 Å². The molecule has 144 valence electrons. The number of ether oxygens (including phenoxy) is 2. The number of hydrogen-bond donors (Lipinski definition) is 0. The lowest BCUT2D eigenvalue weighted by Gasteiger charge is -2.07. The summed E-state index contributed by atoms with van der Waals surface area (Å²) in [4.78, 5) is 24.8. The van der Waals surface area contributed by atoms with Gasteiger partial charge in [-0.2, -0.15) is 0 Å². The van der Waals surface area contributed by atoms with Gasteiger partial charge in [0.2, 0.25) is 5.78 Å². The Kier molecular flexibility index (Phi) is 5.38. The highest BCUT2D eigenvalue weighted by Gasteiger charge is 2.28. The molecule has 1 aliphatic rings. The predicted molar refractivity (Wildman–Crippen MR) is 112 cm³/mol. The van der Waals surface area contributed by atoms with Crippen LogP contribution in [-0.4, -0.2) is 18.2 Å². The van der Waals surface area contributed by atoms with Gasteiger partial charge in [0.05, 0.1) is 5.56 Å². The number of halogens is 2. The number of Topliss-reactive ketones (excluding diaryl/α,β-unsaturated/α-hetero) is 2. The molecule has 0 atom stereocenters. The van der Waals surface area contributed by atoms with Crippen molar-refractivity contribution >= 4 is 40.8 Å². The van der Waals surface area contributed by atoms with Gasteiger partial charge in [0.25, 0.3) is 0 Å². The van der Waals surface area contributed by atoms with Crippen LogP contribution in [0.3, 0.4) is 0 Å². The molecule has 0 radical (unpaired) electrons. The molecule has 3 aromatic carbocycles. The van der Waals surface area contributed by atoms with Crippen LogP contribution in [0.25, 0.3) is 6.08 Å². The summed E-state index contributed by atoms with van der Waals surface area (Å²) in [5.41, 5.74) is 1.62. The summed E-state index contributed by atoms with van der Waals surface area (Å²) in [7, 11) is 0. The number of rotatable bonds is 5. The third-order valence-electron chi connectivity index (χ3n) is 4.36. The van der Waals surface area contributed by atoms with Crippen LogP contribution >= 0.6 is 23.2 Å². The van der Waals surface area contributed by atoms with Gasteiger partial charge in [0, 0.05) is 21.7 Å². The maximum absolute atomic E-state index is 12.6. The van der Waals surface area contributed by atoms with Gasteiger partial charge in [0.1, 0.15) is 11.5 Å². The number of carbonyl (C=O) groups excluding carboxylic acids is 2. The van der Waals surface area contributed by atoms with E-state index in [1.54, 1.807) is 66.7 Å². The Morgan fingerprint density at radius 2 is 1.79 bits per heavy atom. The van der Waals surface area contributed by atoms with Crippen LogP contribution in [-0.2, 0) is 0 Å². The second-order valence-corrected chi connectivity index (χ2v) is 7.19. The minimum absolute atomic E-state index is 0.111. The van der Waals surface area contributed by atoms with Crippen molar-refractivity contribution in [2.24, 2.45) is 0 Å². The summed E-state index contributed by atoms with van der Waals surface area (Å²) in [6.45, 7) is -0.111. The van der Waals surface area contributed by atoms with Gasteiger partial charge in [-0.05, 0) is 35.9 Å². The minimum Gasteiger partial charge on any atom is -0.485 e. The van der Waals surface area contributed by atoms with E-state index in [2.05, 4.69) is 0 Å². The lowest BCUT2D eigenvalue weighted by molar-refractivity contribution is 0.0921. The molecule has 4 rings (SSSR count). The first kappa shape index (κ1) is 19.2. The third-order valence-corrected chi connectivity index (χ3v) is 4.92. The van der Waals surface area contributed by atoms with Gasteiger partial charge in [-0.15, -0.1) is 0 Å². The summed E-state index contributed by atoms with van der Waals surface area (Å²) in [6, 6.07) is 18.7. The molecule has 29 heavy (non-hydrogen) atoms. The molecule has 0 aromatic heterocycles. The Morgan fingerprint density at radius 1 is 1.00 bits per heavy atom. The summed E-state index contributed by atoms with van der Waals surface area (Å²) >= 11 is 12.1. The van der Waals surface area contributed by atoms with E-state index in [1.165, 1.54) is 0 Å². The minimum atomic E-state index is -0.252. The molecule has 1 heterocycles. The highest BCUT2D eigenvalue weighted by atomic mass is 35.5. The van der Waals surface area contributed by atoms with E-state index >= 15 is 0 Å². The average Bonchev–Trinajstić information content (AvgIpc) is 3.03. The first-order valence-corrected chi connectivity index (χ1v) is 9.51. The lowest BCUT2D eigenvalue weighted by Crippen LogP contribution is -2.11. The molecule has 0 aliphatic carbocycles. The Morgan fingerprint density at radius 3 is 2.55 bits per heavy atom. The van der Waals surface area contributed by atoms with Crippen LogP contribution in [0.1, 0.15) is 26.3 Å². The van der Waals surface area contributed by atoms with Gasteiger partial charge in [0.15, 0.2) is 18.1 Å². The van der Waals surface area contributed by atoms with Crippen molar-refractivity contribution in [3.63, 3.8) is 0 Å². The monoisotopic (exact) mass is 424 g/mol. The highest BCUT2D eigenvalue weighted by Crippen LogP contribution is 2.35. The third kappa shape index (κ3) is 4.19. The molecule has 1 aliphatic heterocycles. The number of allylic oxidation sites excluding steroid dienone is 1. The van der Waals surface area contributed by atoms with Gasteiger partial charge in [-0.3, -0.25) is 9.59 Å². The number of benzene rings is 3. The molecule has 4 nitrogen and oxygen atoms in total. The maximum Gasteiger partial charge on any atom is 0.231 e. The quantitative estimate of drug-likeness (QED) is 0.379. The van der Waals surface area contributed by atoms with E-state index in [1.807, 2.05) is 6.07 Å². The van der Waals surface area contributed by atoms with Crippen LogP contribution in [0.4, 0.5) is 0 Å². The fraction of sp³-hybridized carbons (Fsp3) is 0.0435. The van der Waals surface area contributed by atoms with Crippen LogP contribution in [0.15, 0.2) is 72.5 Å². The zero-order valence-electron chi connectivity index (χ0n) is 15.0. The molecule has 0 fully saturated rings. The van der Waals surface area contributed by atoms with Crippen molar-refractivity contribution in [2.45, 2.75) is 0 Å². The molecule has 0 N–H and O–H groups in total. The number of hydrogen-bond acceptors (Lipinski definition) is 4. The van der Waals surface area contributed by atoms with Crippen molar-refractivity contribution in [3.05, 3.63) is 99.2 Å². The maximum atomic E-state index is 12.6. The van der Waals surface area contributed by atoms with Crippen molar-refractivity contribution in [1.29, 1.82) is 0 Å². The summed E-state index contributed by atoms with van der Waals surface area (Å²) < 4.78 is 11.3. The first-order chi connectivity index (χ1) is 14.0. The number of carbonyl (C=O) groups is 2. The van der Waals surface area contributed by atoms with Crippen molar-refractivity contribution in [3.8, 4) is 11.5 Å². The zero-order valence-corrected chi connectivity index (χ0v) is 16.5. The van der Waals surface area contributed by atoms with E-state index in [0.717, 1.165) is 0 Å². The topological polar surface area (TPSA) is 52.6 Å². The Bertz CT molecular complexity index is 1140. The van der Waals surface area contributed by atoms with Gasteiger partial charge < -0.3 is 9.47 Å². The fourth-order valence-corrected chi connectivity index (χ4v) is 3.34. The van der Waals surface area contributed by atoms with E-state index in [-0.39, 0.29) is 23.9 Å². The van der Waals surface area contributed by atoms with Gasteiger partial charge in [-0.25, -0.2) is 0 Å². The van der Waals surface area contributed by atoms with Crippen molar-refractivity contribution in [1.82, 2.24) is 0 Å². The Hall–Kier alpha value is -3.08. The lowest BCUT2D eigenvalue weighted by atomic mass is 10.1. The van der Waals surface area contributed by atoms with E-state index in [9.17, 15) is 9.59 Å². The smallest absolute Gasteiger partial charge is 0.231 e. The van der Waals surface area contributed by atoms with Crippen molar-refractivity contribution < 1.29 is 19.1 Å². The number of fused-ring (bicyclic) bond motifs is 1. The van der Waals surface area contributed by atoms with Crippen LogP contribution < -0.4 is 9.47 Å². The molecule has 0 bridgehead atoms. The average molecular weight is 425 g/mol. The van der Waals surface area contributed by atoms with E-state index in [4.69, 9.17) is 32.7 Å². The summed E-state index contributed by atoms with van der Waals surface area (Å²) in [5, 5.41) is 0.923. The molecular weight excluding hydrogens is 411 g/mol. The van der Waals surface area contributed by atoms with Crippen LogP contribution in [0, 0.1) is 0 Å². The normalized spacial score (nSPS) is 13.9.